The standard InChI is InChI=1S/C13H10BrF4IN2S2/c14-11-7-5-10(22-20-3-1-2-4-20)21(23-19)12(7)9(15)6-8(11)13(16,17)18/h5-6H,1-4H2. The minimum Gasteiger partial charge on any atom is -0.265 e. The van der Waals surface area contributed by atoms with Crippen LogP contribution < -0.4 is 0 Å². The van der Waals surface area contributed by atoms with Crippen LogP contribution in [0, 0.1) is 5.82 Å². The molecule has 10 heteroatoms. The molecular weight excluding hydrogens is 531 g/mol. The Kier molecular flexibility index (Phi) is 5.47. The average molecular weight is 541 g/mol. The normalized spacial score (nSPS) is 16.6. The van der Waals surface area contributed by atoms with Crippen LogP contribution in [-0.4, -0.2) is 21.4 Å². The Balaban J connectivity index is 2.16. The largest absolute Gasteiger partial charge is 0.417 e. The molecule has 1 aliphatic heterocycles. The molecule has 0 spiro atoms. The molecule has 1 aromatic carbocycles. The van der Waals surface area contributed by atoms with Gasteiger partial charge in [0.15, 0.2) is 0 Å². The van der Waals surface area contributed by atoms with Gasteiger partial charge in [-0.05, 0) is 52.9 Å². The van der Waals surface area contributed by atoms with Crippen molar-refractivity contribution >= 4 is 69.1 Å². The van der Waals surface area contributed by atoms with Crippen molar-refractivity contribution in [2.24, 2.45) is 0 Å². The van der Waals surface area contributed by atoms with E-state index >= 15 is 0 Å². The predicted molar refractivity (Wildman–Crippen MR) is 98.3 cm³/mol. The van der Waals surface area contributed by atoms with Gasteiger partial charge in [0.05, 0.1) is 11.1 Å². The fraction of sp³-hybridized carbons (Fsp3) is 0.385. The zero-order valence-electron chi connectivity index (χ0n) is 11.5. The molecule has 0 atom stereocenters. The van der Waals surface area contributed by atoms with Crippen LogP contribution in [0.15, 0.2) is 21.6 Å². The molecule has 23 heavy (non-hydrogen) atoms. The minimum atomic E-state index is -4.60. The molecule has 1 saturated heterocycles. The van der Waals surface area contributed by atoms with Crippen LogP contribution in [0.3, 0.4) is 0 Å². The summed E-state index contributed by atoms with van der Waals surface area (Å²) >= 11 is 6.47. The van der Waals surface area contributed by atoms with Crippen molar-refractivity contribution in [1.29, 1.82) is 0 Å². The van der Waals surface area contributed by atoms with E-state index in [9.17, 15) is 17.6 Å². The molecule has 0 unspecified atom stereocenters. The summed E-state index contributed by atoms with van der Waals surface area (Å²) in [5.41, 5.74) is -0.818. The zero-order chi connectivity index (χ0) is 16.8. The van der Waals surface area contributed by atoms with E-state index < -0.39 is 17.6 Å². The fourth-order valence-electron chi connectivity index (χ4n) is 2.52. The molecule has 0 bridgehead atoms. The van der Waals surface area contributed by atoms with Gasteiger partial charge < -0.3 is 0 Å². The molecule has 2 heterocycles. The summed E-state index contributed by atoms with van der Waals surface area (Å²) in [6, 6.07) is 2.17. The van der Waals surface area contributed by atoms with E-state index in [0.29, 0.717) is 6.07 Å². The van der Waals surface area contributed by atoms with Gasteiger partial charge >= 0.3 is 6.18 Å². The first kappa shape index (κ1) is 18.2. The summed E-state index contributed by atoms with van der Waals surface area (Å²) in [6.45, 7) is 1.85. The number of nitrogens with zero attached hydrogens (tertiary/aromatic N) is 2. The van der Waals surface area contributed by atoms with Crippen molar-refractivity contribution in [1.82, 2.24) is 8.28 Å². The van der Waals surface area contributed by atoms with Crippen LogP contribution in [0.2, 0.25) is 0 Å². The van der Waals surface area contributed by atoms with Gasteiger partial charge in [0.2, 0.25) is 0 Å². The van der Waals surface area contributed by atoms with Gasteiger partial charge in [0.25, 0.3) is 0 Å². The predicted octanol–water partition coefficient (Wildman–Crippen LogP) is 6.51. The maximum absolute atomic E-state index is 14.4. The van der Waals surface area contributed by atoms with Crippen molar-refractivity contribution in [2.75, 3.05) is 13.1 Å². The summed E-state index contributed by atoms with van der Waals surface area (Å²) < 4.78 is 57.2. The Morgan fingerprint density at radius 2 is 1.83 bits per heavy atom. The lowest BCUT2D eigenvalue weighted by atomic mass is 10.1. The van der Waals surface area contributed by atoms with E-state index in [0.717, 1.165) is 31.0 Å². The molecule has 126 valence electrons. The molecule has 1 aromatic heterocycles. The average Bonchev–Trinajstić information content (AvgIpc) is 3.09. The second-order valence-corrected chi connectivity index (χ2v) is 8.65. The Hall–Kier alpha value is 0.350. The van der Waals surface area contributed by atoms with E-state index in [1.165, 1.54) is 21.1 Å². The van der Waals surface area contributed by atoms with Crippen molar-refractivity contribution in [3.63, 3.8) is 0 Å². The Morgan fingerprint density at radius 1 is 1.17 bits per heavy atom. The SMILES string of the molecule is Fc1cc(C(F)(F)F)c(Br)c2cc(SN3CCCC3)n(SI)c12. The van der Waals surface area contributed by atoms with Gasteiger partial charge in [0, 0.05) is 53.3 Å². The van der Waals surface area contributed by atoms with Gasteiger partial charge in [0.1, 0.15) is 10.8 Å². The maximum atomic E-state index is 14.4. The lowest BCUT2D eigenvalue weighted by Gasteiger charge is -2.14. The second-order valence-electron chi connectivity index (χ2n) is 5.05. The highest BCUT2D eigenvalue weighted by molar-refractivity contribution is 14.2. The molecule has 1 aliphatic rings. The van der Waals surface area contributed by atoms with Crippen molar-refractivity contribution in [2.45, 2.75) is 24.0 Å². The maximum Gasteiger partial charge on any atom is 0.417 e. The molecular formula is C13H10BrF4IN2S2. The zero-order valence-corrected chi connectivity index (χ0v) is 16.8. The van der Waals surface area contributed by atoms with E-state index in [2.05, 4.69) is 20.2 Å². The molecule has 0 N–H and O–H groups in total. The van der Waals surface area contributed by atoms with Gasteiger partial charge in [-0.2, -0.15) is 13.2 Å². The summed E-state index contributed by atoms with van der Waals surface area (Å²) in [5, 5.41) is 0.961. The highest BCUT2D eigenvalue weighted by Crippen LogP contribution is 2.44. The highest BCUT2D eigenvalue weighted by atomic mass is 127. The third-order valence-electron chi connectivity index (χ3n) is 3.56. The second kappa shape index (κ2) is 6.93. The molecule has 0 saturated carbocycles. The van der Waals surface area contributed by atoms with Gasteiger partial charge in [-0.25, -0.2) is 8.70 Å². The fourth-order valence-corrected chi connectivity index (χ4v) is 6.41. The lowest BCUT2D eigenvalue weighted by molar-refractivity contribution is -0.138. The minimum absolute atomic E-state index is 0.117. The number of hydrogen-bond donors (Lipinski definition) is 0. The first-order valence-electron chi connectivity index (χ1n) is 6.65. The van der Waals surface area contributed by atoms with Crippen LogP contribution >= 0.6 is 58.2 Å². The molecule has 0 aliphatic carbocycles. The third-order valence-corrected chi connectivity index (χ3v) is 7.34. The highest BCUT2D eigenvalue weighted by Gasteiger charge is 2.35. The van der Waals surface area contributed by atoms with E-state index in [-0.39, 0.29) is 15.4 Å². The van der Waals surface area contributed by atoms with E-state index in [1.807, 2.05) is 21.2 Å². The summed E-state index contributed by atoms with van der Waals surface area (Å²) in [5.74, 6) is -0.868. The number of rotatable bonds is 3. The molecule has 3 rings (SSSR count). The number of hydrogen-bond acceptors (Lipinski definition) is 3. The lowest BCUT2D eigenvalue weighted by Crippen LogP contribution is -2.09. The van der Waals surface area contributed by atoms with Crippen LogP contribution in [0.1, 0.15) is 18.4 Å². The summed E-state index contributed by atoms with van der Waals surface area (Å²) in [7, 11) is 1.25. The monoisotopic (exact) mass is 540 g/mol. The van der Waals surface area contributed by atoms with Crippen molar-refractivity contribution < 1.29 is 17.6 Å². The smallest absolute Gasteiger partial charge is 0.265 e. The summed E-state index contributed by atoms with van der Waals surface area (Å²) in [6.07, 6.45) is -2.41. The molecule has 2 nitrogen and oxygen atoms in total. The van der Waals surface area contributed by atoms with Crippen LogP contribution in [0.5, 0.6) is 0 Å². The van der Waals surface area contributed by atoms with E-state index in [1.54, 1.807) is 10.0 Å². The molecule has 0 radical (unpaired) electrons. The van der Waals surface area contributed by atoms with Crippen LogP contribution in [0.25, 0.3) is 10.9 Å². The van der Waals surface area contributed by atoms with Crippen molar-refractivity contribution in [3.05, 3.63) is 28.0 Å². The molecule has 0 amide bonds. The number of halogens is 6. The van der Waals surface area contributed by atoms with Crippen molar-refractivity contribution in [3.8, 4) is 0 Å². The van der Waals surface area contributed by atoms with Gasteiger partial charge in [-0.1, -0.05) is 0 Å². The Morgan fingerprint density at radius 3 is 2.39 bits per heavy atom. The number of alkyl halides is 3. The molecule has 1 fully saturated rings. The van der Waals surface area contributed by atoms with Gasteiger partial charge in [-0.3, -0.25) is 3.97 Å². The quantitative estimate of drug-likeness (QED) is 0.249. The Labute approximate surface area is 159 Å². The third kappa shape index (κ3) is 3.51. The topological polar surface area (TPSA) is 8.17 Å². The number of aromatic nitrogens is 1. The number of benzene rings is 1. The van der Waals surface area contributed by atoms with Crippen LogP contribution in [-0.2, 0) is 6.18 Å². The summed E-state index contributed by atoms with van der Waals surface area (Å²) in [4.78, 5) is 0. The van der Waals surface area contributed by atoms with Gasteiger partial charge in [-0.15, -0.1) is 0 Å². The van der Waals surface area contributed by atoms with E-state index in [4.69, 9.17) is 0 Å². The number of fused-ring (bicyclic) bond motifs is 1. The van der Waals surface area contributed by atoms with Crippen LogP contribution in [0.4, 0.5) is 17.6 Å². The Bertz CT molecular complexity index is 744. The first-order chi connectivity index (χ1) is 10.8. The molecule has 2 aromatic rings. The first-order valence-corrected chi connectivity index (χ1v) is 11.5.